The van der Waals surface area contributed by atoms with Crippen LogP contribution >= 0.6 is 0 Å². The molecule has 2 atom stereocenters. The number of amides is 3. The van der Waals surface area contributed by atoms with E-state index in [4.69, 9.17) is 15.9 Å². The maximum atomic E-state index is 14.4. The lowest BCUT2D eigenvalue weighted by atomic mass is 9.98. The first kappa shape index (κ1) is 31.8. The van der Waals surface area contributed by atoms with Crippen molar-refractivity contribution in [2.45, 2.75) is 64.8 Å². The molecule has 220 valence electrons. The third-order valence-electron chi connectivity index (χ3n) is 6.36. The number of alkyl carbamates (subject to hydrolysis) is 1. The molecule has 0 saturated carbocycles. The van der Waals surface area contributed by atoms with Crippen LogP contribution in [0.4, 0.5) is 10.5 Å². The number of carbonyl (C=O) groups is 3. The van der Waals surface area contributed by atoms with Crippen molar-refractivity contribution >= 4 is 23.6 Å². The SMILES string of the molecule is C#Cc1ccc(C(C(=O)Nc2ccc(OC)cc2)N(C(=O)C(Cc2ccccc2)NC(=O)OC(C)(C)C)C(C)C)cc1. The topological polar surface area (TPSA) is 97.0 Å². The number of anilines is 1. The molecule has 3 amide bonds. The van der Waals surface area contributed by atoms with Gasteiger partial charge in [-0.05, 0) is 82.1 Å². The van der Waals surface area contributed by atoms with E-state index in [0.717, 1.165) is 5.56 Å². The molecule has 0 bridgehead atoms. The number of terminal acetylenes is 1. The zero-order chi connectivity index (χ0) is 30.9. The van der Waals surface area contributed by atoms with Gasteiger partial charge < -0.3 is 25.0 Å². The van der Waals surface area contributed by atoms with E-state index in [0.29, 0.717) is 22.6 Å². The van der Waals surface area contributed by atoms with Crippen LogP contribution in [0.1, 0.15) is 57.4 Å². The number of rotatable bonds is 10. The van der Waals surface area contributed by atoms with Crippen LogP contribution in [0.25, 0.3) is 0 Å². The first-order valence-electron chi connectivity index (χ1n) is 13.8. The molecule has 0 aliphatic heterocycles. The van der Waals surface area contributed by atoms with Crippen molar-refractivity contribution in [3.63, 3.8) is 0 Å². The highest BCUT2D eigenvalue weighted by atomic mass is 16.6. The summed E-state index contributed by atoms with van der Waals surface area (Å²) in [5.74, 6) is 2.36. The lowest BCUT2D eigenvalue weighted by molar-refractivity contribution is -0.142. The third-order valence-corrected chi connectivity index (χ3v) is 6.36. The molecule has 0 saturated heterocycles. The molecule has 0 aromatic heterocycles. The average molecular weight is 570 g/mol. The fourth-order valence-electron chi connectivity index (χ4n) is 4.44. The van der Waals surface area contributed by atoms with Crippen molar-refractivity contribution in [3.05, 3.63) is 95.6 Å². The highest BCUT2D eigenvalue weighted by Crippen LogP contribution is 2.28. The number of nitrogens with one attached hydrogen (secondary N) is 2. The predicted molar refractivity (Wildman–Crippen MR) is 164 cm³/mol. The van der Waals surface area contributed by atoms with Crippen LogP contribution in [-0.2, 0) is 20.7 Å². The molecule has 0 fully saturated rings. The summed E-state index contributed by atoms with van der Waals surface area (Å²) >= 11 is 0. The molecule has 0 aliphatic rings. The van der Waals surface area contributed by atoms with E-state index in [1.165, 1.54) is 4.90 Å². The van der Waals surface area contributed by atoms with Gasteiger partial charge in [-0.1, -0.05) is 48.4 Å². The maximum Gasteiger partial charge on any atom is 0.408 e. The molecule has 8 heteroatoms. The van der Waals surface area contributed by atoms with Crippen molar-refractivity contribution in [1.82, 2.24) is 10.2 Å². The van der Waals surface area contributed by atoms with Crippen LogP contribution < -0.4 is 15.4 Å². The summed E-state index contributed by atoms with van der Waals surface area (Å²) < 4.78 is 10.7. The van der Waals surface area contributed by atoms with Crippen LogP contribution in [0.15, 0.2) is 78.9 Å². The van der Waals surface area contributed by atoms with Crippen molar-refractivity contribution in [2.24, 2.45) is 0 Å². The Labute approximate surface area is 248 Å². The van der Waals surface area contributed by atoms with Gasteiger partial charge in [0.25, 0.3) is 5.91 Å². The van der Waals surface area contributed by atoms with Crippen molar-refractivity contribution in [3.8, 4) is 18.1 Å². The second kappa shape index (κ2) is 14.2. The van der Waals surface area contributed by atoms with Crippen LogP contribution in [0.2, 0.25) is 0 Å². The van der Waals surface area contributed by atoms with Crippen molar-refractivity contribution in [1.29, 1.82) is 0 Å². The van der Waals surface area contributed by atoms with Gasteiger partial charge in [-0.15, -0.1) is 6.42 Å². The van der Waals surface area contributed by atoms with Gasteiger partial charge in [0.05, 0.1) is 7.11 Å². The normalized spacial score (nSPS) is 12.4. The van der Waals surface area contributed by atoms with Gasteiger partial charge in [0.15, 0.2) is 0 Å². The minimum absolute atomic E-state index is 0.199. The van der Waals surface area contributed by atoms with Crippen LogP contribution in [0, 0.1) is 12.3 Å². The number of methoxy groups -OCH3 is 1. The van der Waals surface area contributed by atoms with Gasteiger partial charge >= 0.3 is 6.09 Å². The zero-order valence-electron chi connectivity index (χ0n) is 25.0. The Bertz CT molecular complexity index is 1390. The molecule has 0 heterocycles. The van der Waals surface area contributed by atoms with E-state index >= 15 is 0 Å². The summed E-state index contributed by atoms with van der Waals surface area (Å²) in [6.45, 7) is 8.91. The second-order valence-electron chi connectivity index (χ2n) is 11.1. The fraction of sp³-hybridized carbons (Fsp3) is 0.324. The van der Waals surface area contributed by atoms with Gasteiger partial charge in [-0.3, -0.25) is 9.59 Å². The molecule has 0 spiro atoms. The summed E-state index contributed by atoms with van der Waals surface area (Å²) in [7, 11) is 1.56. The van der Waals surface area contributed by atoms with E-state index in [2.05, 4.69) is 16.6 Å². The molecule has 0 radical (unpaired) electrons. The molecule has 2 unspecified atom stereocenters. The molecular weight excluding hydrogens is 530 g/mol. The molecule has 3 rings (SSSR count). The Morgan fingerprint density at radius 1 is 0.929 bits per heavy atom. The van der Waals surface area contributed by atoms with E-state index in [1.54, 1.807) is 76.4 Å². The lowest BCUT2D eigenvalue weighted by Gasteiger charge is -2.37. The Balaban J connectivity index is 2.04. The number of benzene rings is 3. The number of nitrogens with zero attached hydrogens (tertiary/aromatic N) is 1. The Morgan fingerprint density at radius 3 is 2.07 bits per heavy atom. The summed E-state index contributed by atoms with van der Waals surface area (Å²) in [5.41, 5.74) is 1.83. The molecule has 3 aromatic carbocycles. The minimum Gasteiger partial charge on any atom is -0.497 e. The van der Waals surface area contributed by atoms with Crippen molar-refractivity contribution < 1.29 is 23.9 Å². The first-order chi connectivity index (χ1) is 19.9. The lowest BCUT2D eigenvalue weighted by Crippen LogP contribution is -2.55. The van der Waals surface area contributed by atoms with E-state index in [9.17, 15) is 14.4 Å². The van der Waals surface area contributed by atoms with Gasteiger partial charge in [0.1, 0.15) is 23.4 Å². The highest BCUT2D eigenvalue weighted by molar-refractivity contribution is 5.99. The van der Waals surface area contributed by atoms with E-state index < -0.39 is 41.6 Å². The minimum atomic E-state index is -1.04. The van der Waals surface area contributed by atoms with E-state index in [-0.39, 0.29) is 6.42 Å². The Hall–Kier alpha value is -4.77. The summed E-state index contributed by atoms with van der Waals surface area (Å²) in [6.07, 6.45) is 5.04. The molecule has 3 aromatic rings. The summed E-state index contributed by atoms with van der Waals surface area (Å²) in [6, 6.07) is 20.7. The van der Waals surface area contributed by atoms with E-state index in [1.807, 2.05) is 44.2 Å². The highest BCUT2D eigenvalue weighted by Gasteiger charge is 2.38. The number of ether oxygens (including phenoxy) is 2. The molecule has 0 aliphatic carbocycles. The number of carbonyl (C=O) groups excluding carboxylic acids is 3. The molecule has 8 nitrogen and oxygen atoms in total. The largest absolute Gasteiger partial charge is 0.497 e. The Kier molecular flexibility index (Phi) is 10.8. The zero-order valence-corrected chi connectivity index (χ0v) is 25.0. The Morgan fingerprint density at radius 2 is 1.55 bits per heavy atom. The predicted octanol–water partition coefficient (Wildman–Crippen LogP) is 5.73. The maximum absolute atomic E-state index is 14.4. The number of hydrogen-bond acceptors (Lipinski definition) is 5. The van der Waals surface area contributed by atoms with Crippen molar-refractivity contribution in [2.75, 3.05) is 12.4 Å². The monoisotopic (exact) mass is 569 g/mol. The number of hydrogen-bond donors (Lipinski definition) is 2. The summed E-state index contributed by atoms with van der Waals surface area (Å²) in [5, 5.41) is 5.69. The summed E-state index contributed by atoms with van der Waals surface area (Å²) in [4.78, 5) is 42.7. The second-order valence-corrected chi connectivity index (χ2v) is 11.1. The average Bonchev–Trinajstić information content (AvgIpc) is 2.95. The van der Waals surface area contributed by atoms with Crippen LogP contribution in [0.5, 0.6) is 5.75 Å². The molecule has 42 heavy (non-hydrogen) atoms. The fourth-order valence-corrected chi connectivity index (χ4v) is 4.44. The van der Waals surface area contributed by atoms with Gasteiger partial charge in [-0.2, -0.15) is 0 Å². The smallest absolute Gasteiger partial charge is 0.408 e. The van der Waals surface area contributed by atoms with Crippen LogP contribution in [-0.4, -0.2) is 47.6 Å². The van der Waals surface area contributed by atoms with Crippen LogP contribution in [0.3, 0.4) is 0 Å². The quantitative estimate of drug-likeness (QED) is 0.304. The molecule has 2 N–H and O–H groups in total. The van der Waals surface area contributed by atoms with Gasteiger partial charge in [-0.25, -0.2) is 4.79 Å². The molecular formula is C34H39N3O5. The standard InChI is InChI=1S/C34H39N3O5/c1-8-24-14-16-26(17-15-24)30(31(38)35-27-18-20-28(41-7)21-19-27)37(23(2)3)32(39)29(22-25-12-10-9-11-13-25)36-33(40)42-34(4,5)6/h1,9-21,23,29-30H,22H2,2-7H3,(H,35,38)(H,36,40). The van der Waals surface area contributed by atoms with Gasteiger partial charge in [0.2, 0.25) is 5.91 Å². The van der Waals surface area contributed by atoms with Gasteiger partial charge in [0, 0.05) is 23.7 Å². The third kappa shape index (κ3) is 8.87. The first-order valence-corrected chi connectivity index (χ1v) is 13.8.